The molecule has 0 atom stereocenters. The summed E-state index contributed by atoms with van der Waals surface area (Å²) < 4.78 is 17.4. The number of anilines is 1. The fourth-order valence-electron chi connectivity index (χ4n) is 4.40. The first kappa shape index (κ1) is 20.8. The first-order valence-electron chi connectivity index (χ1n) is 10.5. The largest absolute Gasteiger partial charge is 0.366 e. The minimum absolute atomic E-state index is 0.114. The zero-order chi connectivity index (χ0) is 23.4. The maximum Gasteiger partial charge on any atom is 0.351 e. The number of pyridine rings is 1. The molecule has 0 bridgehead atoms. The Morgan fingerprint density at radius 2 is 2.03 bits per heavy atom. The number of primary amides is 1. The average molecular weight is 447 g/mol. The van der Waals surface area contributed by atoms with E-state index in [4.69, 9.17) is 5.73 Å². The van der Waals surface area contributed by atoms with Crippen LogP contribution in [0.2, 0.25) is 0 Å². The molecule has 0 unspecified atom stereocenters. The number of hydrogen-bond acceptors (Lipinski definition) is 6. The second kappa shape index (κ2) is 7.51. The van der Waals surface area contributed by atoms with E-state index in [2.05, 4.69) is 20.0 Å². The molecule has 168 valence electrons. The molecule has 1 aliphatic heterocycles. The lowest BCUT2D eigenvalue weighted by Crippen LogP contribution is -2.33. The number of carbonyl (C=O) groups is 1. The first-order chi connectivity index (χ1) is 15.8. The fraction of sp³-hybridized carbons (Fsp3) is 0.261. The van der Waals surface area contributed by atoms with Crippen molar-refractivity contribution in [3.63, 3.8) is 0 Å². The second-order valence-electron chi connectivity index (χ2n) is 8.22. The summed E-state index contributed by atoms with van der Waals surface area (Å²) >= 11 is 0. The first-order valence-corrected chi connectivity index (χ1v) is 10.5. The van der Waals surface area contributed by atoms with Crippen LogP contribution in [0.3, 0.4) is 0 Å². The van der Waals surface area contributed by atoms with Crippen molar-refractivity contribution >= 4 is 17.5 Å². The maximum atomic E-state index is 14.7. The number of nitrogens with zero attached hydrogens (tertiary/aromatic N) is 6. The Kier molecular flexibility index (Phi) is 4.73. The molecule has 9 nitrogen and oxygen atoms in total. The topological polar surface area (TPSA) is 111 Å². The Hall–Kier alpha value is -4.08. The Labute approximate surface area is 188 Å². The summed E-state index contributed by atoms with van der Waals surface area (Å²) in [6.45, 7) is 4.99. The van der Waals surface area contributed by atoms with Crippen molar-refractivity contribution < 1.29 is 9.18 Å². The Morgan fingerprint density at radius 3 is 2.79 bits per heavy atom. The highest BCUT2D eigenvalue weighted by molar-refractivity contribution is 6.00. The molecule has 2 N–H and O–H groups in total. The lowest BCUT2D eigenvalue weighted by atomic mass is 9.96. The molecule has 4 heterocycles. The standard InChI is InChI=1S/C23H22FN7O2/c1-12-13(2)31-22(28-29(3)23(31)33)27-21(12)30-8-7-18-15(11-30)9-14(10-26-18)19-16(20(25)32)5-4-6-17(19)24/h4-6,9-10H,7-8,11H2,1-3H3,(H2,25,32). The van der Waals surface area contributed by atoms with E-state index in [0.29, 0.717) is 30.9 Å². The van der Waals surface area contributed by atoms with Gasteiger partial charge in [0.2, 0.25) is 5.91 Å². The highest BCUT2D eigenvalue weighted by atomic mass is 19.1. The highest BCUT2D eigenvalue weighted by Crippen LogP contribution is 2.31. The van der Waals surface area contributed by atoms with Crippen LogP contribution in [0.1, 0.15) is 32.9 Å². The molecule has 5 rings (SSSR count). The maximum absolute atomic E-state index is 14.7. The van der Waals surface area contributed by atoms with Crippen LogP contribution in [0.4, 0.5) is 10.2 Å². The molecule has 0 saturated heterocycles. The minimum Gasteiger partial charge on any atom is -0.366 e. The van der Waals surface area contributed by atoms with Gasteiger partial charge in [-0.05, 0) is 37.6 Å². The third-order valence-electron chi connectivity index (χ3n) is 6.23. The highest BCUT2D eigenvalue weighted by Gasteiger charge is 2.24. The van der Waals surface area contributed by atoms with E-state index in [1.165, 1.54) is 27.3 Å². The number of aromatic nitrogens is 5. The van der Waals surface area contributed by atoms with Crippen LogP contribution in [-0.4, -0.2) is 36.6 Å². The van der Waals surface area contributed by atoms with E-state index in [-0.39, 0.29) is 16.8 Å². The van der Waals surface area contributed by atoms with Crippen LogP contribution >= 0.6 is 0 Å². The van der Waals surface area contributed by atoms with E-state index in [1.807, 2.05) is 19.9 Å². The minimum atomic E-state index is -0.696. The molecular weight excluding hydrogens is 425 g/mol. The van der Waals surface area contributed by atoms with Gasteiger partial charge in [0, 0.05) is 66.4 Å². The van der Waals surface area contributed by atoms with Gasteiger partial charge in [-0.2, -0.15) is 4.98 Å². The number of hydrogen-bond donors (Lipinski definition) is 1. The molecule has 0 saturated carbocycles. The zero-order valence-electron chi connectivity index (χ0n) is 18.5. The number of carbonyl (C=O) groups excluding carboxylic acids is 1. The molecule has 0 spiro atoms. The number of amides is 1. The van der Waals surface area contributed by atoms with Crippen LogP contribution in [0, 0.1) is 19.7 Å². The quantitative estimate of drug-likeness (QED) is 0.514. The van der Waals surface area contributed by atoms with Gasteiger partial charge in [-0.25, -0.2) is 18.3 Å². The Balaban J connectivity index is 1.58. The van der Waals surface area contributed by atoms with Crippen LogP contribution in [0.15, 0.2) is 35.3 Å². The molecule has 0 fully saturated rings. The summed E-state index contributed by atoms with van der Waals surface area (Å²) in [7, 11) is 1.60. The molecule has 3 aromatic heterocycles. The summed E-state index contributed by atoms with van der Waals surface area (Å²) in [5, 5.41) is 4.24. The summed E-state index contributed by atoms with van der Waals surface area (Å²) in [4.78, 5) is 35.5. The second-order valence-corrected chi connectivity index (χ2v) is 8.22. The van der Waals surface area contributed by atoms with E-state index < -0.39 is 11.7 Å². The number of nitrogens with two attached hydrogens (primary N) is 1. The number of benzene rings is 1. The summed E-state index contributed by atoms with van der Waals surface area (Å²) in [5.74, 6) is -0.140. The van der Waals surface area contributed by atoms with E-state index >= 15 is 0 Å². The van der Waals surface area contributed by atoms with Gasteiger partial charge in [0.05, 0.1) is 0 Å². The lowest BCUT2D eigenvalue weighted by Gasteiger charge is -2.31. The van der Waals surface area contributed by atoms with Gasteiger partial charge in [-0.15, -0.1) is 5.10 Å². The van der Waals surface area contributed by atoms with Crippen molar-refractivity contribution in [1.29, 1.82) is 0 Å². The van der Waals surface area contributed by atoms with Gasteiger partial charge in [0.25, 0.3) is 5.78 Å². The molecule has 0 aliphatic carbocycles. The molecule has 1 aromatic carbocycles. The molecule has 1 aliphatic rings. The fourth-order valence-corrected chi connectivity index (χ4v) is 4.40. The number of halogens is 1. The molecule has 0 radical (unpaired) electrons. The number of fused-ring (bicyclic) bond motifs is 2. The van der Waals surface area contributed by atoms with Crippen molar-refractivity contribution in [3.8, 4) is 11.1 Å². The normalized spacial score (nSPS) is 13.4. The van der Waals surface area contributed by atoms with Gasteiger partial charge in [0.1, 0.15) is 11.6 Å². The predicted molar refractivity (Wildman–Crippen MR) is 121 cm³/mol. The van der Waals surface area contributed by atoms with Crippen LogP contribution in [0.5, 0.6) is 0 Å². The van der Waals surface area contributed by atoms with Gasteiger partial charge < -0.3 is 10.6 Å². The van der Waals surface area contributed by atoms with Gasteiger partial charge >= 0.3 is 5.69 Å². The van der Waals surface area contributed by atoms with Crippen LogP contribution in [-0.2, 0) is 20.0 Å². The van der Waals surface area contributed by atoms with Crippen LogP contribution < -0.4 is 16.3 Å². The number of aryl methyl sites for hydroxylation is 2. The van der Waals surface area contributed by atoms with E-state index in [1.54, 1.807) is 13.2 Å². The third kappa shape index (κ3) is 3.25. The Morgan fingerprint density at radius 1 is 1.24 bits per heavy atom. The SMILES string of the molecule is Cc1c(N2CCc3ncc(-c4c(F)cccc4C(N)=O)cc3C2)nc2nn(C)c(=O)n2c1C. The molecule has 10 heteroatoms. The Bertz CT molecular complexity index is 1510. The summed E-state index contributed by atoms with van der Waals surface area (Å²) in [6.07, 6.45) is 2.26. The molecule has 4 aromatic rings. The summed E-state index contributed by atoms with van der Waals surface area (Å²) in [6, 6.07) is 6.12. The van der Waals surface area contributed by atoms with Crippen LogP contribution in [0.25, 0.3) is 16.9 Å². The molecule has 33 heavy (non-hydrogen) atoms. The van der Waals surface area contributed by atoms with Gasteiger partial charge in [-0.3, -0.25) is 9.78 Å². The van der Waals surface area contributed by atoms with Crippen molar-refractivity contribution in [2.75, 3.05) is 11.4 Å². The smallest absolute Gasteiger partial charge is 0.351 e. The summed E-state index contributed by atoms with van der Waals surface area (Å²) in [5.41, 5.74) is 9.48. The van der Waals surface area contributed by atoms with E-state index in [0.717, 1.165) is 28.3 Å². The van der Waals surface area contributed by atoms with Crippen molar-refractivity contribution in [2.24, 2.45) is 12.8 Å². The monoisotopic (exact) mass is 447 g/mol. The molecular formula is C23H22FN7O2. The third-order valence-corrected chi connectivity index (χ3v) is 6.23. The zero-order valence-corrected chi connectivity index (χ0v) is 18.5. The van der Waals surface area contributed by atoms with Gasteiger partial charge in [-0.1, -0.05) is 6.07 Å². The van der Waals surface area contributed by atoms with Crippen molar-refractivity contribution in [3.05, 3.63) is 74.8 Å². The number of rotatable bonds is 3. The molecule has 1 amide bonds. The van der Waals surface area contributed by atoms with Crippen molar-refractivity contribution in [1.82, 2.24) is 24.1 Å². The van der Waals surface area contributed by atoms with E-state index in [9.17, 15) is 14.0 Å². The van der Waals surface area contributed by atoms with Gasteiger partial charge in [0.15, 0.2) is 0 Å². The predicted octanol–water partition coefficient (Wildman–Crippen LogP) is 1.91. The average Bonchev–Trinajstić information content (AvgIpc) is 3.08. The van der Waals surface area contributed by atoms with Crippen molar-refractivity contribution in [2.45, 2.75) is 26.8 Å². The lowest BCUT2D eigenvalue weighted by molar-refractivity contribution is 0.100.